The van der Waals surface area contributed by atoms with Gasteiger partial charge >= 0.3 is 0 Å². The van der Waals surface area contributed by atoms with Gasteiger partial charge in [-0.1, -0.05) is 0 Å². The summed E-state index contributed by atoms with van der Waals surface area (Å²) in [5.74, 6) is 1.50. The number of rotatable bonds is 5. The number of halogens is 3. The van der Waals surface area contributed by atoms with E-state index in [2.05, 4.69) is 20.2 Å². The van der Waals surface area contributed by atoms with Gasteiger partial charge in [0, 0.05) is 32.1 Å². The molecule has 1 aliphatic carbocycles. The Hall–Kier alpha value is -1.38. The zero-order valence-corrected chi connectivity index (χ0v) is 16.8. The number of hydrogen-bond acceptors (Lipinski definition) is 6. The van der Waals surface area contributed by atoms with Crippen LogP contribution in [0.4, 0.5) is 16.2 Å². The van der Waals surface area contributed by atoms with Gasteiger partial charge in [-0.2, -0.15) is 4.98 Å². The Morgan fingerprint density at radius 2 is 1.93 bits per heavy atom. The Kier molecular flexibility index (Phi) is 7.47. The van der Waals surface area contributed by atoms with Gasteiger partial charge in [0.1, 0.15) is 0 Å². The first-order chi connectivity index (χ1) is 12.2. The number of carbonyl (C=O) groups excluding carboxylic acids is 1. The first kappa shape index (κ1) is 21.9. The van der Waals surface area contributed by atoms with E-state index in [0.29, 0.717) is 30.1 Å². The number of amides is 1. The van der Waals surface area contributed by atoms with Crippen molar-refractivity contribution < 1.29 is 9.18 Å². The molecule has 1 aromatic heterocycles. The monoisotopic (exact) mass is 420 g/mol. The zero-order valence-electron chi connectivity index (χ0n) is 15.1. The largest absolute Gasteiger partial charge is 0.354 e. The first-order valence-corrected chi connectivity index (χ1v) is 9.17. The third-order valence-corrected chi connectivity index (χ3v) is 5.53. The molecule has 3 N–H and O–H groups in total. The number of aromatic nitrogens is 2. The van der Waals surface area contributed by atoms with Crippen LogP contribution in [0.2, 0.25) is 0 Å². The Labute approximate surface area is 171 Å². The topological polar surface area (TPSA) is 87.4 Å². The quantitative estimate of drug-likeness (QED) is 0.747. The molecule has 1 amide bonds. The van der Waals surface area contributed by atoms with Crippen molar-refractivity contribution in [1.29, 1.82) is 0 Å². The second-order valence-electron chi connectivity index (χ2n) is 7.32. The molecule has 0 radical (unpaired) electrons. The van der Waals surface area contributed by atoms with Crippen LogP contribution in [0.25, 0.3) is 0 Å². The lowest BCUT2D eigenvalue weighted by Crippen LogP contribution is -2.43. The van der Waals surface area contributed by atoms with Crippen molar-refractivity contribution in [3.05, 3.63) is 12.0 Å². The third-order valence-electron chi connectivity index (χ3n) is 5.53. The first-order valence-electron chi connectivity index (χ1n) is 9.17. The van der Waals surface area contributed by atoms with Gasteiger partial charge in [0.15, 0.2) is 11.6 Å². The number of nitrogens with two attached hydrogens (primary N) is 1. The molecule has 3 fully saturated rings. The number of carbonyl (C=O) groups is 1. The van der Waals surface area contributed by atoms with Gasteiger partial charge in [-0.15, -0.1) is 24.8 Å². The minimum Gasteiger partial charge on any atom is -0.354 e. The van der Waals surface area contributed by atoms with E-state index in [0.717, 1.165) is 32.5 Å². The Balaban J connectivity index is 0.00000131. The van der Waals surface area contributed by atoms with E-state index in [4.69, 9.17) is 5.73 Å². The molecular weight excluding hydrogens is 394 g/mol. The van der Waals surface area contributed by atoms with Gasteiger partial charge in [0.05, 0.1) is 18.8 Å². The summed E-state index contributed by atoms with van der Waals surface area (Å²) in [6, 6.07) is 0.0624. The molecule has 0 spiro atoms. The third kappa shape index (κ3) is 4.73. The fourth-order valence-corrected chi connectivity index (χ4v) is 4.06. The van der Waals surface area contributed by atoms with Crippen molar-refractivity contribution in [3.63, 3.8) is 0 Å². The molecule has 2 aliphatic heterocycles. The van der Waals surface area contributed by atoms with Crippen LogP contribution >= 0.6 is 24.8 Å². The molecular formula is C17H27Cl2FN6O. The smallest absolute Gasteiger partial charge is 0.234 e. The molecule has 1 aromatic rings. The van der Waals surface area contributed by atoms with E-state index in [1.54, 1.807) is 0 Å². The molecule has 2 saturated heterocycles. The predicted molar refractivity (Wildman–Crippen MR) is 107 cm³/mol. The maximum absolute atomic E-state index is 14.2. The van der Waals surface area contributed by atoms with Gasteiger partial charge < -0.3 is 20.9 Å². The summed E-state index contributed by atoms with van der Waals surface area (Å²) >= 11 is 0. The van der Waals surface area contributed by atoms with E-state index in [-0.39, 0.29) is 49.1 Å². The highest BCUT2D eigenvalue weighted by Gasteiger charge is 2.43. The number of nitrogens with zero attached hydrogens (tertiary/aromatic N) is 4. The average Bonchev–Trinajstić information content (AvgIpc) is 3.15. The van der Waals surface area contributed by atoms with E-state index in [1.807, 2.05) is 4.90 Å². The minimum absolute atomic E-state index is 0. The van der Waals surface area contributed by atoms with Crippen LogP contribution in [0.15, 0.2) is 6.20 Å². The molecule has 2 atom stereocenters. The van der Waals surface area contributed by atoms with Crippen molar-refractivity contribution in [2.24, 2.45) is 17.6 Å². The van der Waals surface area contributed by atoms with Crippen LogP contribution in [0.3, 0.4) is 0 Å². The maximum Gasteiger partial charge on any atom is 0.234 e. The molecule has 27 heavy (non-hydrogen) atoms. The van der Waals surface area contributed by atoms with Crippen molar-refractivity contribution in [2.45, 2.75) is 31.7 Å². The van der Waals surface area contributed by atoms with Gasteiger partial charge in [0.25, 0.3) is 0 Å². The fourth-order valence-electron chi connectivity index (χ4n) is 4.06. The van der Waals surface area contributed by atoms with Crippen molar-refractivity contribution in [1.82, 2.24) is 15.3 Å². The normalized spacial score (nSPS) is 24.4. The molecule has 3 aliphatic rings. The Bertz CT molecular complexity index is 656. The molecule has 10 heteroatoms. The second kappa shape index (κ2) is 9.21. The predicted octanol–water partition coefficient (Wildman–Crippen LogP) is 1.35. The lowest BCUT2D eigenvalue weighted by molar-refractivity contribution is -0.120. The summed E-state index contributed by atoms with van der Waals surface area (Å²) in [7, 11) is 0. The number of hydrogen-bond donors (Lipinski definition) is 2. The van der Waals surface area contributed by atoms with Crippen LogP contribution < -0.4 is 20.9 Å². The number of anilines is 2. The molecule has 7 nitrogen and oxygen atoms in total. The maximum atomic E-state index is 14.2. The van der Waals surface area contributed by atoms with Crippen molar-refractivity contribution >= 4 is 42.5 Å². The lowest BCUT2D eigenvalue weighted by atomic mass is 9.98. The van der Waals surface area contributed by atoms with E-state index < -0.39 is 0 Å². The minimum atomic E-state index is -0.364. The highest BCUT2D eigenvalue weighted by atomic mass is 35.5. The summed E-state index contributed by atoms with van der Waals surface area (Å²) in [5.41, 5.74) is 5.44. The van der Waals surface area contributed by atoms with E-state index in [9.17, 15) is 9.18 Å². The summed E-state index contributed by atoms with van der Waals surface area (Å²) in [5, 5.41) is 3.04. The Morgan fingerprint density at radius 1 is 1.22 bits per heavy atom. The second-order valence-corrected chi connectivity index (χ2v) is 7.32. The van der Waals surface area contributed by atoms with Crippen LogP contribution in [0.1, 0.15) is 25.7 Å². The number of nitrogens with one attached hydrogen (secondary N) is 1. The van der Waals surface area contributed by atoms with Gasteiger partial charge in [-0.3, -0.25) is 4.79 Å². The molecule has 3 heterocycles. The molecule has 152 valence electrons. The van der Waals surface area contributed by atoms with Crippen LogP contribution in [-0.2, 0) is 4.79 Å². The summed E-state index contributed by atoms with van der Waals surface area (Å²) in [6.45, 7) is 3.13. The van der Waals surface area contributed by atoms with Gasteiger partial charge in [0.2, 0.25) is 11.9 Å². The summed E-state index contributed by atoms with van der Waals surface area (Å²) in [6.07, 6.45) is 5.82. The van der Waals surface area contributed by atoms with E-state index >= 15 is 0 Å². The molecule has 1 saturated carbocycles. The standard InChI is InChI=1S/C17H25FN6O.2ClH/c18-13-8-20-17(22-16(13)23-5-1-2-6-23)24-9-12(11-3-4-11)14(10-24)21-15(25)7-19;;/h8,11-12,14H,1-7,9-10,19H2,(H,21,25);2*1H/t12-,14+;;/m1../s1. The lowest BCUT2D eigenvalue weighted by Gasteiger charge is -2.21. The molecule has 4 rings (SSSR count). The summed E-state index contributed by atoms with van der Waals surface area (Å²) < 4.78 is 14.2. The van der Waals surface area contributed by atoms with Gasteiger partial charge in [-0.25, -0.2) is 9.37 Å². The van der Waals surface area contributed by atoms with Crippen molar-refractivity contribution in [3.8, 4) is 0 Å². The molecule has 0 aromatic carbocycles. The fraction of sp³-hybridized carbons (Fsp3) is 0.706. The average molecular weight is 421 g/mol. The zero-order chi connectivity index (χ0) is 17.4. The van der Waals surface area contributed by atoms with E-state index in [1.165, 1.54) is 19.0 Å². The Morgan fingerprint density at radius 3 is 2.56 bits per heavy atom. The van der Waals surface area contributed by atoms with Crippen molar-refractivity contribution in [2.75, 3.05) is 42.5 Å². The SMILES string of the molecule is Cl.Cl.NCC(=O)N[C@H]1CN(c2ncc(F)c(N3CCCC3)n2)C[C@@H]1C1CC1. The van der Waals surface area contributed by atoms with Crippen LogP contribution in [0.5, 0.6) is 0 Å². The van der Waals surface area contributed by atoms with Gasteiger partial charge in [-0.05, 0) is 31.6 Å². The highest BCUT2D eigenvalue weighted by molar-refractivity contribution is 5.85. The van der Waals surface area contributed by atoms with Crippen LogP contribution in [-0.4, -0.2) is 54.6 Å². The molecule has 0 bridgehead atoms. The summed E-state index contributed by atoms with van der Waals surface area (Å²) in [4.78, 5) is 24.5. The molecule has 0 unspecified atom stereocenters. The van der Waals surface area contributed by atoms with Crippen LogP contribution in [0, 0.1) is 17.7 Å². The highest BCUT2D eigenvalue weighted by Crippen LogP contribution is 2.42.